The van der Waals surface area contributed by atoms with Gasteiger partial charge in [-0.3, -0.25) is 14.4 Å². The minimum absolute atomic E-state index is 0.0394. The molecule has 1 amide bonds. The number of nitrogens with one attached hydrogen (secondary N) is 1. The van der Waals surface area contributed by atoms with Crippen LogP contribution in [0.1, 0.15) is 47.1 Å². The Hall–Kier alpha value is -2.51. The van der Waals surface area contributed by atoms with E-state index >= 15 is 0 Å². The number of hydrogen-bond donors (Lipinski definition) is 1. The van der Waals surface area contributed by atoms with Gasteiger partial charge < -0.3 is 5.32 Å². The van der Waals surface area contributed by atoms with Gasteiger partial charge in [0, 0.05) is 34.5 Å². The summed E-state index contributed by atoms with van der Waals surface area (Å²) < 4.78 is 2.13. The minimum atomic E-state index is 0.0394. The van der Waals surface area contributed by atoms with Gasteiger partial charge in [0.1, 0.15) is 17.4 Å². The van der Waals surface area contributed by atoms with Crippen LogP contribution in [0.5, 0.6) is 0 Å². The van der Waals surface area contributed by atoms with Crippen molar-refractivity contribution < 1.29 is 4.79 Å². The second-order valence-corrected chi connectivity index (χ2v) is 8.36. The minimum Gasteiger partial charge on any atom is -0.357 e. The lowest BCUT2D eigenvalue weighted by atomic mass is 10.00. The van der Waals surface area contributed by atoms with Gasteiger partial charge in [-0.1, -0.05) is 23.7 Å². The number of benzene rings is 1. The molecule has 6 nitrogen and oxygen atoms in total. The summed E-state index contributed by atoms with van der Waals surface area (Å²) in [6, 6.07) is 7.86. The van der Waals surface area contributed by atoms with Crippen LogP contribution in [0.4, 0.5) is 0 Å². The molecule has 0 fully saturated rings. The van der Waals surface area contributed by atoms with Crippen molar-refractivity contribution >= 4 is 34.6 Å². The number of rotatable bonds is 2. The molecule has 0 atom stereocenters. The van der Waals surface area contributed by atoms with Crippen molar-refractivity contribution in [3.63, 3.8) is 0 Å². The lowest BCUT2D eigenvalue weighted by Gasteiger charge is -2.09. The molecule has 0 saturated heterocycles. The fraction of sp³-hybridized carbons (Fsp3) is 0.333. The number of hydrogen-bond acceptors (Lipinski definition) is 5. The molecule has 152 valence electrons. The number of aromatic nitrogens is 3. The van der Waals surface area contributed by atoms with E-state index in [4.69, 9.17) is 16.6 Å². The van der Waals surface area contributed by atoms with Crippen LogP contribution >= 0.6 is 22.9 Å². The third-order valence-corrected chi connectivity index (χ3v) is 6.06. The van der Waals surface area contributed by atoms with Gasteiger partial charge in [-0.05, 0) is 45.4 Å². The van der Waals surface area contributed by atoms with Gasteiger partial charge in [0.25, 0.3) is 0 Å². The maximum Gasteiger partial charge on any atom is 0.216 e. The van der Waals surface area contributed by atoms with E-state index < -0.39 is 0 Å². The van der Waals surface area contributed by atoms with Crippen molar-refractivity contribution in [2.75, 3.05) is 6.54 Å². The van der Waals surface area contributed by atoms with Crippen molar-refractivity contribution in [2.45, 2.75) is 41.2 Å². The first kappa shape index (κ1) is 21.2. The maximum absolute atomic E-state index is 9.93. The molecule has 0 radical (unpaired) electrons. The van der Waals surface area contributed by atoms with Crippen LogP contribution in [0.3, 0.4) is 0 Å². The summed E-state index contributed by atoms with van der Waals surface area (Å²) in [5.41, 5.74) is 4.52. The Kier molecular flexibility index (Phi) is 6.49. The molecule has 0 saturated carbocycles. The average Bonchev–Trinajstić information content (AvgIpc) is 3.11. The molecule has 1 aliphatic heterocycles. The van der Waals surface area contributed by atoms with Gasteiger partial charge in [-0.2, -0.15) is 0 Å². The van der Waals surface area contributed by atoms with Crippen LogP contribution in [0, 0.1) is 20.8 Å². The first-order valence-corrected chi connectivity index (χ1v) is 10.6. The lowest BCUT2D eigenvalue weighted by Crippen LogP contribution is -2.18. The number of carbonyl (C=O) groups is 1. The number of halogens is 1. The van der Waals surface area contributed by atoms with E-state index in [0.717, 1.165) is 39.5 Å². The van der Waals surface area contributed by atoms with E-state index in [2.05, 4.69) is 33.9 Å². The average molecular weight is 430 g/mol. The van der Waals surface area contributed by atoms with Crippen LogP contribution in [-0.4, -0.2) is 32.9 Å². The molecule has 2 aromatic heterocycles. The quantitative estimate of drug-likeness (QED) is 0.656. The fourth-order valence-electron chi connectivity index (χ4n) is 3.14. The van der Waals surface area contributed by atoms with E-state index in [-0.39, 0.29) is 5.91 Å². The molecule has 0 unspecified atom stereocenters. The molecule has 1 N–H and O–H groups in total. The number of aryl methyl sites for hydroxylation is 2. The molecule has 0 bridgehead atoms. The number of aliphatic imine (C=N–C) groups is 1. The Bertz CT molecular complexity index is 1070. The third kappa shape index (κ3) is 4.41. The first-order chi connectivity index (χ1) is 13.8. The fourth-order valence-corrected chi connectivity index (χ4v) is 4.49. The van der Waals surface area contributed by atoms with Crippen molar-refractivity contribution in [1.29, 1.82) is 0 Å². The second-order valence-electron chi connectivity index (χ2n) is 6.72. The van der Waals surface area contributed by atoms with E-state index in [9.17, 15) is 4.79 Å². The normalized spacial score (nSPS) is 12.1. The Labute approximate surface area is 179 Å². The van der Waals surface area contributed by atoms with Gasteiger partial charge in [0.15, 0.2) is 5.82 Å². The van der Waals surface area contributed by atoms with Gasteiger partial charge >= 0.3 is 0 Å². The molecule has 1 aromatic carbocycles. The van der Waals surface area contributed by atoms with Gasteiger partial charge in [-0.25, -0.2) is 0 Å². The van der Waals surface area contributed by atoms with Crippen molar-refractivity contribution in [3.8, 4) is 5.00 Å². The largest absolute Gasteiger partial charge is 0.357 e. The van der Waals surface area contributed by atoms with E-state index in [1.165, 1.54) is 22.9 Å². The number of fused-ring (bicyclic) bond motifs is 3. The highest BCUT2D eigenvalue weighted by Gasteiger charge is 2.26. The number of carbonyl (C=O) groups excluding carboxylic acids is 1. The number of amides is 1. The Morgan fingerprint density at radius 1 is 1.21 bits per heavy atom. The van der Waals surface area contributed by atoms with E-state index in [0.29, 0.717) is 6.54 Å². The van der Waals surface area contributed by atoms with E-state index in [1.807, 2.05) is 38.1 Å². The molecule has 3 aromatic rings. The summed E-state index contributed by atoms with van der Waals surface area (Å²) in [6.07, 6.45) is 0. The summed E-state index contributed by atoms with van der Waals surface area (Å²) in [7, 11) is 0. The zero-order valence-corrected chi connectivity index (χ0v) is 18.8. The Morgan fingerprint density at radius 3 is 2.48 bits per heavy atom. The monoisotopic (exact) mass is 429 g/mol. The molecular weight excluding hydrogens is 406 g/mol. The molecule has 29 heavy (non-hydrogen) atoms. The standard InChI is InChI=1S/C17H15ClN4S.C4H9NO/c1-9-10(2)23-17-15(9)16(12-4-6-13(18)7-5-12)19-8-14-21-20-11(3)22(14)17;1-3-5-4(2)6/h4-7H,8H2,1-3H3;3H2,1-2H3,(H,5,6). The first-order valence-electron chi connectivity index (χ1n) is 9.39. The smallest absolute Gasteiger partial charge is 0.216 e. The van der Waals surface area contributed by atoms with Gasteiger partial charge in [0.2, 0.25) is 5.91 Å². The van der Waals surface area contributed by atoms with Crippen molar-refractivity contribution in [1.82, 2.24) is 20.1 Å². The molecule has 0 spiro atoms. The lowest BCUT2D eigenvalue weighted by molar-refractivity contribution is -0.118. The second kappa shape index (κ2) is 8.88. The van der Waals surface area contributed by atoms with Crippen LogP contribution in [0.15, 0.2) is 29.3 Å². The summed E-state index contributed by atoms with van der Waals surface area (Å²) in [6.45, 7) is 10.9. The highest BCUT2D eigenvalue weighted by atomic mass is 35.5. The SMILES string of the molecule is CCNC(C)=O.Cc1sc2c(c1C)C(c1ccc(Cl)cc1)=NCc1nnc(C)n1-2. The summed E-state index contributed by atoms with van der Waals surface area (Å²) in [4.78, 5) is 16.1. The zero-order valence-electron chi connectivity index (χ0n) is 17.2. The van der Waals surface area contributed by atoms with Crippen molar-refractivity contribution in [3.05, 3.63) is 62.5 Å². The zero-order chi connectivity index (χ0) is 21.1. The summed E-state index contributed by atoms with van der Waals surface area (Å²) in [5.74, 6) is 1.82. The molecular formula is C21H24ClN5OS. The molecule has 8 heteroatoms. The highest BCUT2D eigenvalue weighted by molar-refractivity contribution is 7.15. The molecule has 4 rings (SSSR count). The van der Waals surface area contributed by atoms with Gasteiger partial charge in [-0.15, -0.1) is 21.5 Å². The van der Waals surface area contributed by atoms with Crippen molar-refractivity contribution in [2.24, 2.45) is 4.99 Å². The van der Waals surface area contributed by atoms with Crippen LogP contribution in [0.25, 0.3) is 5.00 Å². The molecule has 3 heterocycles. The topological polar surface area (TPSA) is 72.2 Å². The van der Waals surface area contributed by atoms with Gasteiger partial charge in [0.05, 0.1) is 5.71 Å². The highest BCUT2D eigenvalue weighted by Crippen LogP contribution is 2.36. The van der Waals surface area contributed by atoms with E-state index in [1.54, 1.807) is 11.3 Å². The maximum atomic E-state index is 9.93. The Balaban J connectivity index is 0.000000353. The molecule has 0 aliphatic carbocycles. The van der Waals surface area contributed by atoms with Crippen LogP contribution < -0.4 is 5.32 Å². The predicted molar refractivity (Wildman–Crippen MR) is 119 cm³/mol. The summed E-state index contributed by atoms with van der Waals surface area (Å²) in [5, 5.41) is 13.0. The number of thiophene rings is 1. The van der Waals surface area contributed by atoms with Crippen LogP contribution in [-0.2, 0) is 11.3 Å². The summed E-state index contributed by atoms with van der Waals surface area (Å²) >= 11 is 7.80. The predicted octanol–water partition coefficient (Wildman–Crippen LogP) is 4.40. The number of nitrogens with zero attached hydrogens (tertiary/aromatic N) is 4. The Morgan fingerprint density at radius 2 is 1.90 bits per heavy atom. The molecule has 1 aliphatic rings. The van der Waals surface area contributed by atoms with Crippen LogP contribution in [0.2, 0.25) is 5.02 Å². The third-order valence-electron chi connectivity index (χ3n) is 4.62.